The lowest BCUT2D eigenvalue weighted by molar-refractivity contribution is -0.385. The van der Waals surface area contributed by atoms with E-state index in [9.17, 15) is 10.1 Å². The Balaban J connectivity index is 2.31. The van der Waals surface area contributed by atoms with Crippen molar-refractivity contribution in [2.45, 2.75) is 0 Å². The van der Waals surface area contributed by atoms with Crippen LogP contribution >= 0.6 is 22.6 Å². The molecular formula is C13H8IN3O2. The van der Waals surface area contributed by atoms with Crippen LogP contribution in [0.2, 0.25) is 0 Å². The normalized spacial score (nSPS) is 9.68. The van der Waals surface area contributed by atoms with Gasteiger partial charge >= 0.3 is 0 Å². The first-order valence-corrected chi connectivity index (χ1v) is 6.39. The minimum absolute atomic E-state index is 0.0539. The summed E-state index contributed by atoms with van der Waals surface area (Å²) in [5.74, 6) is 0. The number of hydrogen-bond donors (Lipinski definition) is 1. The lowest BCUT2D eigenvalue weighted by atomic mass is 10.1. The van der Waals surface area contributed by atoms with E-state index < -0.39 is 4.92 Å². The first-order chi connectivity index (χ1) is 9.10. The van der Waals surface area contributed by atoms with Crippen LogP contribution in [-0.2, 0) is 0 Å². The summed E-state index contributed by atoms with van der Waals surface area (Å²) in [6.45, 7) is 0. The highest BCUT2D eigenvalue weighted by Crippen LogP contribution is 2.25. The van der Waals surface area contributed by atoms with E-state index >= 15 is 0 Å². The van der Waals surface area contributed by atoms with Gasteiger partial charge in [0.15, 0.2) is 0 Å². The van der Waals surface area contributed by atoms with Crippen LogP contribution in [0, 0.1) is 25.0 Å². The Hall–Kier alpha value is -2.14. The molecule has 19 heavy (non-hydrogen) atoms. The minimum atomic E-state index is -0.558. The third-order valence-electron chi connectivity index (χ3n) is 2.45. The van der Waals surface area contributed by atoms with E-state index in [1.807, 2.05) is 24.3 Å². The number of nitro benzene ring substituents is 1. The molecule has 0 saturated heterocycles. The minimum Gasteiger partial charge on any atom is -0.355 e. The molecule has 0 fully saturated rings. The monoisotopic (exact) mass is 365 g/mol. The highest BCUT2D eigenvalue weighted by atomic mass is 127. The van der Waals surface area contributed by atoms with Crippen LogP contribution in [0.3, 0.4) is 0 Å². The van der Waals surface area contributed by atoms with Crippen LogP contribution in [0.1, 0.15) is 5.56 Å². The quantitative estimate of drug-likeness (QED) is 0.510. The molecule has 0 aromatic heterocycles. The average molecular weight is 365 g/mol. The Bertz CT molecular complexity index is 663. The summed E-state index contributed by atoms with van der Waals surface area (Å²) in [5.41, 5.74) is 1.27. The molecule has 0 unspecified atom stereocenters. The lowest BCUT2D eigenvalue weighted by Crippen LogP contribution is -1.95. The zero-order valence-electron chi connectivity index (χ0n) is 9.63. The molecule has 0 heterocycles. The molecule has 0 amide bonds. The predicted molar refractivity (Wildman–Crippen MR) is 80.3 cm³/mol. The topological polar surface area (TPSA) is 79.0 Å². The Morgan fingerprint density at radius 1 is 1.16 bits per heavy atom. The highest BCUT2D eigenvalue weighted by molar-refractivity contribution is 14.1. The van der Waals surface area contributed by atoms with Gasteiger partial charge in [0.05, 0.1) is 4.92 Å². The van der Waals surface area contributed by atoms with Crippen LogP contribution in [0.4, 0.5) is 17.1 Å². The Morgan fingerprint density at radius 2 is 1.79 bits per heavy atom. The van der Waals surface area contributed by atoms with Crippen LogP contribution in [-0.4, -0.2) is 4.92 Å². The van der Waals surface area contributed by atoms with Gasteiger partial charge in [0, 0.05) is 21.0 Å². The Labute approximate surface area is 123 Å². The van der Waals surface area contributed by atoms with Crippen LogP contribution in [0.15, 0.2) is 42.5 Å². The molecule has 2 aromatic rings. The van der Waals surface area contributed by atoms with Gasteiger partial charge in [-0.3, -0.25) is 10.1 Å². The molecule has 1 N–H and O–H groups in total. The van der Waals surface area contributed by atoms with Crippen molar-refractivity contribution in [2.75, 3.05) is 5.32 Å². The second-order valence-electron chi connectivity index (χ2n) is 3.73. The largest absolute Gasteiger partial charge is 0.355 e. The van der Waals surface area contributed by atoms with E-state index in [1.165, 1.54) is 12.1 Å². The smallest absolute Gasteiger partial charge is 0.289 e. The Kier molecular flexibility index (Phi) is 3.97. The van der Waals surface area contributed by atoms with Crippen molar-refractivity contribution in [2.24, 2.45) is 0 Å². The summed E-state index contributed by atoms with van der Waals surface area (Å²) in [6, 6.07) is 13.9. The number of nitrogens with zero attached hydrogens (tertiary/aromatic N) is 2. The molecule has 0 aliphatic carbocycles. The number of nitriles is 1. The summed E-state index contributed by atoms with van der Waals surface area (Å²) >= 11 is 2.20. The number of nitro groups is 1. The van der Waals surface area contributed by atoms with Crippen LogP contribution in [0.25, 0.3) is 0 Å². The van der Waals surface area contributed by atoms with Gasteiger partial charge in [-0.2, -0.15) is 5.26 Å². The molecule has 2 aromatic carbocycles. The van der Waals surface area contributed by atoms with Gasteiger partial charge in [0.25, 0.3) is 5.69 Å². The summed E-state index contributed by atoms with van der Waals surface area (Å²) in [4.78, 5) is 10.3. The van der Waals surface area contributed by atoms with E-state index in [0.717, 1.165) is 9.26 Å². The third kappa shape index (κ3) is 3.20. The van der Waals surface area contributed by atoms with Gasteiger partial charge in [0.1, 0.15) is 11.6 Å². The van der Waals surface area contributed by atoms with Crippen molar-refractivity contribution in [3.05, 3.63) is 61.7 Å². The number of nitrogens with one attached hydrogen (secondary N) is 1. The number of benzene rings is 2. The molecule has 6 heteroatoms. The standard InChI is InChI=1S/C13H8IN3O2/c14-10-2-5-11(6-3-10)16-12-4-1-9(8-15)13(7-12)17(18)19/h1-7,16H. The summed E-state index contributed by atoms with van der Waals surface area (Å²) in [7, 11) is 0. The van der Waals surface area contributed by atoms with E-state index in [1.54, 1.807) is 12.1 Å². The molecular weight excluding hydrogens is 357 g/mol. The molecule has 0 saturated carbocycles. The van der Waals surface area contributed by atoms with Crippen LogP contribution in [0.5, 0.6) is 0 Å². The van der Waals surface area contributed by atoms with Gasteiger partial charge in [-0.05, 0) is 59.0 Å². The van der Waals surface area contributed by atoms with Crippen molar-refractivity contribution in [3.63, 3.8) is 0 Å². The van der Waals surface area contributed by atoms with Crippen molar-refractivity contribution >= 4 is 39.7 Å². The Morgan fingerprint density at radius 3 is 2.37 bits per heavy atom. The van der Waals surface area contributed by atoms with Gasteiger partial charge in [-0.25, -0.2) is 0 Å². The zero-order valence-corrected chi connectivity index (χ0v) is 11.8. The fourth-order valence-corrected chi connectivity index (χ4v) is 1.91. The van der Waals surface area contributed by atoms with E-state index in [4.69, 9.17) is 5.26 Å². The molecule has 0 atom stereocenters. The van der Waals surface area contributed by atoms with Crippen molar-refractivity contribution in [3.8, 4) is 6.07 Å². The molecule has 0 aliphatic heterocycles. The lowest BCUT2D eigenvalue weighted by Gasteiger charge is -2.06. The molecule has 0 bridgehead atoms. The van der Waals surface area contributed by atoms with Crippen molar-refractivity contribution in [1.82, 2.24) is 0 Å². The van der Waals surface area contributed by atoms with Gasteiger partial charge in [-0.15, -0.1) is 0 Å². The first kappa shape index (κ1) is 13.3. The fourth-order valence-electron chi connectivity index (χ4n) is 1.55. The van der Waals surface area contributed by atoms with Gasteiger partial charge in [0.2, 0.25) is 0 Å². The fraction of sp³-hybridized carbons (Fsp3) is 0. The van der Waals surface area contributed by atoms with Crippen LogP contribution < -0.4 is 5.32 Å². The molecule has 2 rings (SSSR count). The maximum atomic E-state index is 10.9. The predicted octanol–water partition coefficient (Wildman–Crippen LogP) is 3.81. The SMILES string of the molecule is N#Cc1ccc(Nc2ccc(I)cc2)cc1[N+](=O)[O-]. The first-order valence-electron chi connectivity index (χ1n) is 5.31. The molecule has 0 aliphatic rings. The molecule has 0 spiro atoms. The molecule has 94 valence electrons. The number of hydrogen-bond acceptors (Lipinski definition) is 4. The van der Waals surface area contributed by atoms with E-state index in [2.05, 4.69) is 27.9 Å². The second-order valence-corrected chi connectivity index (χ2v) is 4.98. The maximum Gasteiger partial charge on any atom is 0.289 e. The third-order valence-corrected chi connectivity index (χ3v) is 3.17. The van der Waals surface area contributed by atoms with Crippen molar-refractivity contribution < 1.29 is 4.92 Å². The van der Waals surface area contributed by atoms with E-state index in [-0.39, 0.29) is 11.3 Å². The molecule has 0 radical (unpaired) electrons. The zero-order chi connectivity index (χ0) is 13.8. The number of rotatable bonds is 3. The average Bonchev–Trinajstić information content (AvgIpc) is 2.41. The number of anilines is 2. The number of halogens is 1. The summed E-state index contributed by atoms with van der Waals surface area (Å²) in [6.07, 6.45) is 0. The maximum absolute atomic E-state index is 10.9. The summed E-state index contributed by atoms with van der Waals surface area (Å²) < 4.78 is 1.11. The van der Waals surface area contributed by atoms with Gasteiger partial charge in [-0.1, -0.05) is 0 Å². The highest BCUT2D eigenvalue weighted by Gasteiger charge is 2.14. The van der Waals surface area contributed by atoms with E-state index in [0.29, 0.717) is 5.69 Å². The summed E-state index contributed by atoms with van der Waals surface area (Å²) in [5, 5.41) is 22.7. The molecule has 5 nitrogen and oxygen atoms in total. The second kappa shape index (κ2) is 5.67. The van der Waals surface area contributed by atoms with Gasteiger partial charge < -0.3 is 5.32 Å². The van der Waals surface area contributed by atoms with Crippen molar-refractivity contribution in [1.29, 1.82) is 5.26 Å².